The fraction of sp³-hybridized carbons (Fsp3) is 0.500. The lowest BCUT2D eigenvalue weighted by molar-refractivity contribution is 0.593. The van der Waals surface area contributed by atoms with Crippen molar-refractivity contribution in [1.82, 2.24) is 0 Å². The standard InChI is InChI=1S/C20H33N3Si2/c1-20(2,3)18(23-25(7,8)9)17(24(4,5)6)16-14-12-10-11-13-15(14)19(21)22-16/h10-13H,1-9H3,(H2,21,22)/b17-16-,23-18+. The van der Waals surface area contributed by atoms with E-state index in [0.717, 1.165) is 16.8 Å². The van der Waals surface area contributed by atoms with Crippen LogP contribution in [0.3, 0.4) is 0 Å². The van der Waals surface area contributed by atoms with Gasteiger partial charge in [0.1, 0.15) is 5.84 Å². The van der Waals surface area contributed by atoms with E-state index in [2.05, 4.69) is 78.3 Å². The number of nitrogens with zero attached hydrogens (tertiary/aromatic N) is 2. The van der Waals surface area contributed by atoms with Gasteiger partial charge in [0.25, 0.3) is 0 Å². The van der Waals surface area contributed by atoms with Gasteiger partial charge in [-0.25, -0.2) is 4.99 Å². The van der Waals surface area contributed by atoms with Crippen LogP contribution in [0.25, 0.3) is 5.70 Å². The largest absolute Gasteiger partial charge is 0.383 e. The van der Waals surface area contributed by atoms with Gasteiger partial charge in [-0.05, 0) is 24.8 Å². The Kier molecular flexibility index (Phi) is 5.05. The van der Waals surface area contributed by atoms with Crippen LogP contribution in [0.5, 0.6) is 0 Å². The summed E-state index contributed by atoms with van der Waals surface area (Å²) in [7, 11) is -3.35. The van der Waals surface area contributed by atoms with Crippen molar-refractivity contribution in [3.63, 3.8) is 0 Å². The molecule has 0 atom stereocenters. The van der Waals surface area contributed by atoms with Crippen LogP contribution in [0, 0.1) is 5.41 Å². The number of rotatable bonds is 3. The zero-order valence-electron chi connectivity index (χ0n) is 17.3. The molecule has 1 aliphatic rings. The molecule has 5 heteroatoms. The Hall–Kier alpha value is -1.47. The minimum absolute atomic E-state index is 0.0231. The lowest BCUT2D eigenvalue weighted by atomic mass is 9.88. The maximum absolute atomic E-state index is 6.25. The maximum atomic E-state index is 6.25. The van der Waals surface area contributed by atoms with Gasteiger partial charge in [0, 0.05) is 22.3 Å². The summed E-state index contributed by atoms with van der Waals surface area (Å²) in [5.41, 5.74) is 10.7. The van der Waals surface area contributed by atoms with Crippen LogP contribution in [0.15, 0.2) is 39.1 Å². The second-order valence-electron chi connectivity index (χ2n) is 9.90. The number of hydrogen-bond donors (Lipinski definition) is 1. The topological polar surface area (TPSA) is 50.7 Å². The van der Waals surface area contributed by atoms with Crippen molar-refractivity contribution >= 4 is 33.6 Å². The van der Waals surface area contributed by atoms with Crippen LogP contribution in [0.4, 0.5) is 0 Å². The number of fused-ring (bicyclic) bond motifs is 1. The third-order valence-corrected chi connectivity index (χ3v) is 6.94. The van der Waals surface area contributed by atoms with Crippen LogP contribution in [0.1, 0.15) is 31.9 Å². The van der Waals surface area contributed by atoms with Crippen LogP contribution >= 0.6 is 0 Å². The lowest BCUT2D eigenvalue weighted by Gasteiger charge is -2.34. The molecule has 0 bridgehead atoms. The summed E-state index contributed by atoms with van der Waals surface area (Å²) in [5.74, 6) is 0.627. The van der Waals surface area contributed by atoms with E-state index >= 15 is 0 Å². The van der Waals surface area contributed by atoms with E-state index in [9.17, 15) is 0 Å². The molecule has 136 valence electrons. The lowest BCUT2D eigenvalue weighted by Crippen LogP contribution is -2.39. The highest BCUT2D eigenvalue weighted by atomic mass is 28.3. The summed E-state index contributed by atoms with van der Waals surface area (Å²) in [4.78, 5) is 4.83. The Morgan fingerprint density at radius 2 is 1.48 bits per heavy atom. The van der Waals surface area contributed by atoms with Crippen LogP contribution in [-0.4, -0.2) is 27.9 Å². The molecule has 1 heterocycles. The molecule has 0 amide bonds. The highest BCUT2D eigenvalue weighted by Crippen LogP contribution is 2.38. The Labute approximate surface area is 155 Å². The first-order valence-electron chi connectivity index (χ1n) is 9.01. The Bertz CT molecular complexity index is 767. The highest BCUT2D eigenvalue weighted by molar-refractivity contribution is 6.89. The van der Waals surface area contributed by atoms with Crippen molar-refractivity contribution in [3.8, 4) is 0 Å². The Balaban J connectivity index is 2.90. The summed E-state index contributed by atoms with van der Waals surface area (Å²) < 4.78 is 5.31. The molecule has 2 rings (SSSR count). The molecule has 25 heavy (non-hydrogen) atoms. The minimum Gasteiger partial charge on any atom is -0.383 e. The van der Waals surface area contributed by atoms with Gasteiger partial charge in [-0.2, -0.15) is 0 Å². The number of nitrogens with two attached hydrogens (primary N) is 1. The van der Waals surface area contributed by atoms with Crippen molar-refractivity contribution in [3.05, 3.63) is 40.6 Å². The predicted molar refractivity (Wildman–Crippen MR) is 118 cm³/mol. The van der Waals surface area contributed by atoms with Gasteiger partial charge >= 0.3 is 0 Å². The summed E-state index contributed by atoms with van der Waals surface area (Å²) >= 11 is 0. The van der Waals surface area contributed by atoms with Gasteiger partial charge in [0.15, 0.2) is 8.24 Å². The van der Waals surface area contributed by atoms with Crippen molar-refractivity contribution in [2.75, 3.05) is 0 Å². The van der Waals surface area contributed by atoms with Gasteiger partial charge in [0.2, 0.25) is 0 Å². The second kappa shape index (κ2) is 6.36. The molecule has 0 radical (unpaired) electrons. The molecule has 0 unspecified atom stereocenters. The van der Waals surface area contributed by atoms with Crippen molar-refractivity contribution in [2.24, 2.45) is 20.8 Å². The minimum atomic E-state index is -1.71. The number of allylic oxidation sites excluding steroid dienone is 1. The molecule has 1 aliphatic heterocycles. The third kappa shape index (κ3) is 4.39. The smallest absolute Gasteiger partial charge is 0.172 e. The molecule has 2 N–H and O–H groups in total. The summed E-state index contributed by atoms with van der Waals surface area (Å²) in [5, 5.41) is 1.36. The summed E-state index contributed by atoms with van der Waals surface area (Å²) in [6.07, 6.45) is 0. The van der Waals surface area contributed by atoms with Crippen LogP contribution < -0.4 is 5.73 Å². The Morgan fingerprint density at radius 1 is 0.960 bits per heavy atom. The van der Waals surface area contributed by atoms with Gasteiger partial charge in [0.05, 0.1) is 13.8 Å². The first-order valence-corrected chi connectivity index (χ1v) is 16.0. The van der Waals surface area contributed by atoms with E-state index < -0.39 is 16.3 Å². The quantitative estimate of drug-likeness (QED) is 0.567. The van der Waals surface area contributed by atoms with E-state index in [4.69, 9.17) is 15.4 Å². The molecule has 1 aromatic carbocycles. The van der Waals surface area contributed by atoms with E-state index in [1.54, 1.807) is 0 Å². The number of benzene rings is 1. The van der Waals surface area contributed by atoms with Gasteiger partial charge in [-0.3, -0.25) is 0 Å². The fourth-order valence-corrected chi connectivity index (χ4v) is 6.37. The normalized spacial score (nSPS) is 18.1. The molecule has 0 aliphatic carbocycles. The van der Waals surface area contributed by atoms with Crippen molar-refractivity contribution in [2.45, 2.75) is 60.1 Å². The molecule has 0 aromatic heterocycles. The molecular formula is C20H33N3Si2. The molecule has 0 saturated heterocycles. The summed E-state index contributed by atoms with van der Waals surface area (Å²) in [6.45, 7) is 20.8. The first kappa shape index (κ1) is 19.9. The van der Waals surface area contributed by atoms with Crippen LogP contribution in [0.2, 0.25) is 39.3 Å². The SMILES string of the molecule is CC(C)(C)C(=N/[Si](C)(C)C)/C(=C1/N=C(N)c2ccccc21)[Si](C)(C)C. The van der Waals surface area contributed by atoms with Gasteiger partial charge in [-0.1, -0.05) is 64.7 Å². The molecular weight excluding hydrogens is 338 g/mol. The second-order valence-corrected chi connectivity index (χ2v) is 19.5. The van der Waals surface area contributed by atoms with Crippen LogP contribution in [-0.2, 0) is 0 Å². The van der Waals surface area contributed by atoms with E-state index in [0.29, 0.717) is 5.84 Å². The van der Waals surface area contributed by atoms with E-state index in [-0.39, 0.29) is 5.41 Å². The number of aliphatic imine (C=N–C) groups is 1. The highest BCUT2D eigenvalue weighted by Gasteiger charge is 2.37. The monoisotopic (exact) mass is 371 g/mol. The maximum Gasteiger partial charge on any atom is 0.172 e. The number of amidine groups is 1. The molecule has 1 aromatic rings. The molecule has 3 nitrogen and oxygen atoms in total. The first-order chi connectivity index (χ1) is 11.2. The van der Waals surface area contributed by atoms with E-state index in [1.165, 1.54) is 10.9 Å². The number of hydrogen-bond acceptors (Lipinski definition) is 3. The fourth-order valence-electron chi connectivity index (χ4n) is 3.10. The molecule has 0 spiro atoms. The van der Waals surface area contributed by atoms with Gasteiger partial charge < -0.3 is 10.4 Å². The van der Waals surface area contributed by atoms with E-state index in [1.807, 2.05) is 6.07 Å². The van der Waals surface area contributed by atoms with Crippen molar-refractivity contribution in [1.29, 1.82) is 0 Å². The molecule has 0 fully saturated rings. The molecule has 0 saturated carbocycles. The van der Waals surface area contributed by atoms with Gasteiger partial charge in [-0.15, -0.1) is 0 Å². The zero-order valence-corrected chi connectivity index (χ0v) is 19.3. The summed E-state index contributed by atoms with van der Waals surface area (Å²) in [6, 6.07) is 8.30. The predicted octanol–water partition coefficient (Wildman–Crippen LogP) is 5.32. The zero-order chi connectivity index (χ0) is 19.2. The average Bonchev–Trinajstić information content (AvgIpc) is 2.72. The Morgan fingerprint density at radius 3 is 1.92 bits per heavy atom. The van der Waals surface area contributed by atoms with Crippen molar-refractivity contribution < 1.29 is 0 Å². The third-order valence-electron chi connectivity index (χ3n) is 4.07. The average molecular weight is 372 g/mol.